The second-order valence-corrected chi connectivity index (χ2v) is 3.26. The molecule has 0 spiro atoms. The number of benzene rings is 1. The third-order valence-electron chi connectivity index (χ3n) is 1.65. The fraction of sp³-hybridized carbons (Fsp3) is 0. The first-order valence-corrected chi connectivity index (χ1v) is 4.31. The molecule has 1 heterocycles. The zero-order valence-corrected chi connectivity index (χ0v) is 7.97. The summed E-state index contributed by atoms with van der Waals surface area (Å²) in [6.07, 6.45) is 0. The molecule has 0 aliphatic carbocycles. The van der Waals surface area contributed by atoms with Crippen LogP contribution < -0.4 is 5.46 Å². The highest BCUT2D eigenvalue weighted by molar-refractivity contribution is 6.37. The summed E-state index contributed by atoms with van der Waals surface area (Å²) in [6, 6.07) is 5.21. The highest BCUT2D eigenvalue weighted by atomic mass is 35.5. The van der Waals surface area contributed by atoms with Crippen LogP contribution in [-0.4, -0.2) is 17.8 Å². The third kappa shape index (κ3) is 1.62. The van der Waals surface area contributed by atoms with Gasteiger partial charge < -0.3 is 0 Å². The highest BCUT2D eigenvalue weighted by Gasteiger charge is 2.03. The zero-order valence-electron chi connectivity index (χ0n) is 6.46. The van der Waals surface area contributed by atoms with Gasteiger partial charge in [0.25, 0.3) is 0 Å². The minimum atomic E-state index is 0.128. The maximum absolute atomic E-state index is 5.84. The predicted octanol–water partition coefficient (Wildman–Crippen LogP) is 1.73. The van der Waals surface area contributed by atoms with Crippen molar-refractivity contribution in [3.63, 3.8) is 0 Å². The van der Waals surface area contributed by atoms with Gasteiger partial charge in [0.15, 0.2) is 0 Å². The van der Waals surface area contributed by atoms with E-state index in [1.165, 1.54) is 0 Å². The second-order valence-electron chi connectivity index (χ2n) is 2.56. The number of halogens is 2. The Morgan fingerprint density at radius 1 is 1.15 bits per heavy atom. The molecule has 0 saturated carbocycles. The van der Waals surface area contributed by atoms with E-state index in [1.807, 2.05) is 0 Å². The van der Waals surface area contributed by atoms with Gasteiger partial charge in [0.2, 0.25) is 5.28 Å². The molecule has 0 bridgehead atoms. The monoisotopic (exact) mass is 208 g/mol. The summed E-state index contributed by atoms with van der Waals surface area (Å²) < 4.78 is 0. The maximum atomic E-state index is 5.84. The van der Waals surface area contributed by atoms with Gasteiger partial charge in [-0.3, -0.25) is 0 Å². The minimum Gasteiger partial charge on any atom is -0.218 e. The maximum Gasteiger partial charge on any atom is 0.224 e. The summed E-state index contributed by atoms with van der Waals surface area (Å²) in [5, 5.41) is 1.22. The number of hydrogen-bond donors (Lipinski definition) is 0. The van der Waals surface area contributed by atoms with Crippen LogP contribution in [0, 0.1) is 0 Å². The molecule has 0 fully saturated rings. The van der Waals surface area contributed by atoms with Gasteiger partial charge in [0, 0.05) is 5.39 Å². The Bertz CT molecular complexity index is 468. The molecule has 1 aromatic carbocycles. The minimum absolute atomic E-state index is 0.128. The Morgan fingerprint density at radius 3 is 2.69 bits per heavy atom. The molecule has 1 aromatic heterocycles. The van der Waals surface area contributed by atoms with E-state index in [1.54, 1.807) is 18.2 Å². The van der Waals surface area contributed by atoms with Crippen molar-refractivity contribution in [3.8, 4) is 0 Å². The lowest BCUT2D eigenvalue weighted by Crippen LogP contribution is -2.01. The molecule has 0 N–H and O–H groups in total. The van der Waals surface area contributed by atoms with E-state index in [2.05, 4.69) is 9.97 Å². The van der Waals surface area contributed by atoms with Crippen molar-refractivity contribution < 1.29 is 0 Å². The van der Waals surface area contributed by atoms with Crippen LogP contribution >= 0.6 is 23.2 Å². The topological polar surface area (TPSA) is 25.8 Å². The van der Waals surface area contributed by atoms with E-state index >= 15 is 0 Å². The predicted molar refractivity (Wildman–Crippen MR) is 54.9 cm³/mol. The highest BCUT2D eigenvalue weighted by Crippen LogP contribution is 2.20. The van der Waals surface area contributed by atoms with Crippen LogP contribution in [0.25, 0.3) is 10.9 Å². The van der Waals surface area contributed by atoms with Crippen LogP contribution in [-0.2, 0) is 0 Å². The number of fused-ring (bicyclic) bond motifs is 1. The quantitative estimate of drug-likeness (QED) is 0.375. The lowest BCUT2D eigenvalue weighted by molar-refractivity contribution is 1.22. The Labute approximate surface area is 86.3 Å². The molecular weight excluding hydrogens is 206 g/mol. The van der Waals surface area contributed by atoms with Crippen molar-refractivity contribution in [1.82, 2.24) is 9.97 Å². The fourth-order valence-electron chi connectivity index (χ4n) is 1.08. The van der Waals surface area contributed by atoms with Crippen molar-refractivity contribution in [2.24, 2.45) is 0 Å². The molecule has 0 atom stereocenters. The molecule has 13 heavy (non-hydrogen) atoms. The molecule has 62 valence electrons. The Balaban J connectivity index is 2.86. The van der Waals surface area contributed by atoms with Gasteiger partial charge >= 0.3 is 0 Å². The number of hydrogen-bond acceptors (Lipinski definition) is 2. The molecule has 0 aliphatic heterocycles. The Kier molecular flexibility index (Phi) is 2.14. The average molecular weight is 209 g/mol. The van der Waals surface area contributed by atoms with E-state index in [9.17, 15) is 0 Å². The molecular formula is C8H3BCl2N2. The smallest absolute Gasteiger partial charge is 0.218 e. The first-order chi connectivity index (χ1) is 6.16. The number of aromatic nitrogens is 2. The fourth-order valence-corrected chi connectivity index (χ4v) is 1.54. The van der Waals surface area contributed by atoms with Gasteiger partial charge in [0.1, 0.15) is 13.0 Å². The van der Waals surface area contributed by atoms with Crippen molar-refractivity contribution >= 4 is 47.4 Å². The van der Waals surface area contributed by atoms with Crippen molar-refractivity contribution in [1.29, 1.82) is 0 Å². The molecule has 0 unspecified atom stereocenters. The number of nitrogens with zero attached hydrogens (tertiary/aromatic N) is 2. The summed E-state index contributed by atoms with van der Waals surface area (Å²) >= 11 is 11.5. The molecule has 2 nitrogen and oxygen atoms in total. The summed E-state index contributed by atoms with van der Waals surface area (Å²) in [6.45, 7) is 0. The normalized spacial score (nSPS) is 10.6. The summed E-state index contributed by atoms with van der Waals surface area (Å²) in [7, 11) is 5.58. The average Bonchev–Trinajstić information content (AvgIpc) is 2.02. The van der Waals surface area contributed by atoms with Crippen LogP contribution in [0.2, 0.25) is 10.4 Å². The van der Waals surface area contributed by atoms with Crippen LogP contribution in [0.15, 0.2) is 18.2 Å². The molecule has 2 radical (unpaired) electrons. The van der Waals surface area contributed by atoms with Crippen LogP contribution in [0.5, 0.6) is 0 Å². The van der Waals surface area contributed by atoms with Gasteiger partial charge in [-0.25, -0.2) is 9.97 Å². The van der Waals surface area contributed by atoms with Crippen LogP contribution in [0.1, 0.15) is 0 Å². The summed E-state index contributed by atoms with van der Waals surface area (Å²) in [5.74, 6) is 0. The molecule has 2 rings (SSSR count). The molecule has 2 aromatic rings. The van der Waals surface area contributed by atoms with E-state index in [4.69, 9.17) is 31.0 Å². The number of rotatable bonds is 0. The SMILES string of the molecule is [B]c1ccc2c(Cl)nc(Cl)nc2c1. The largest absolute Gasteiger partial charge is 0.224 e. The van der Waals surface area contributed by atoms with E-state index < -0.39 is 0 Å². The lowest BCUT2D eigenvalue weighted by atomic mass is 9.95. The van der Waals surface area contributed by atoms with Gasteiger partial charge in [-0.1, -0.05) is 29.2 Å². The van der Waals surface area contributed by atoms with E-state index in [0.717, 1.165) is 5.39 Å². The molecule has 0 aliphatic rings. The summed E-state index contributed by atoms with van der Waals surface area (Å²) in [5.41, 5.74) is 1.28. The second kappa shape index (κ2) is 3.16. The van der Waals surface area contributed by atoms with Gasteiger partial charge in [-0.15, -0.1) is 0 Å². The molecule has 5 heteroatoms. The Morgan fingerprint density at radius 2 is 1.92 bits per heavy atom. The van der Waals surface area contributed by atoms with Crippen molar-refractivity contribution in [2.45, 2.75) is 0 Å². The first kappa shape index (κ1) is 8.79. The van der Waals surface area contributed by atoms with Gasteiger partial charge in [-0.05, 0) is 17.7 Å². The van der Waals surface area contributed by atoms with Crippen LogP contribution in [0.3, 0.4) is 0 Å². The van der Waals surface area contributed by atoms with E-state index in [-0.39, 0.29) is 5.28 Å². The zero-order chi connectivity index (χ0) is 9.42. The van der Waals surface area contributed by atoms with Crippen molar-refractivity contribution in [2.75, 3.05) is 0 Å². The third-order valence-corrected chi connectivity index (χ3v) is 2.10. The van der Waals surface area contributed by atoms with Gasteiger partial charge in [0.05, 0.1) is 5.52 Å². The van der Waals surface area contributed by atoms with Crippen molar-refractivity contribution in [3.05, 3.63) is 28.6 Å². The van der Waals surface area contributed by atoms with Crippen LogP contribution in [0.4, 0.5) is 0 Å². The van der Waals surface area contributed by atoms with Gasteiger partial charge in [-0.2, -0.15) is 0 Å². The molecule has 0 amide bonds. The lowest BCUT2D eigenvalue weighted by Gasteiger charge is -2.00. The molecule has 0 saturated heterocycles. The Hall–Kier alpha value is -0.795. The van der Waals surface area contributed by atoms with E-state index in [0.29, 0.717) is 16.1 Å². The first-order valence-electron chi connectivity index (χ1n) is 3.55. The standard InChI is InChI=1S/C8H3BCl2N2/c9-4-1-2-5-6(3-4)12-8(11)13-7(5)10/h1-3H. The summed E-state index contributed by atoms with van der Waals surface area (Å²) in [4.78, 5) is 7.80.